The maximum Gasteiger partial charge on any atom is 0.352 e. The average molecular weight is 393 g/mol. The van der Waals surface area contributed by atoms with Gasteiger partial charge in [0.25, 0.3) is 5.91 Å². The number of para-hydroxylation sites is 1. The number of aromatic carboxylic acids is 1. The number of nitrogens with one attached hydrogen (secondary N) is 2. The van der Waals surface area contributed by atoms with Crippen LogP contribution in [0.15, 0.2) is 48.3 Å². The lowest BCUT2D eigenvalue weighted by atomic mass is 10.1. The summed E-state index contributed by atoms with van der Waals surface area (Å²) in [4.78, 5) is 26.1. The minimum absolute atomic E-state index is 0.0464. The van der Waals surface area contributed by atoms with Crippen LogP contribution in [0.2, 0.25) is 10.0 Å². The van der Waals surface area contributed by atoms with Gasteiger partial charge in [-0.3, -0.25) is 4.79 Å². The van der Waals surface area contributed by atoms with E-state index in [2.05, 4.69) is 10.3 Å². The summed E-state index contributed by atoms with van der Waals surface area (Å²) in [5, 5.41) is 12.4. The molecule has 0 bridgehead atoms. The van der Waals surface area contributed by atoms with Crippen LogP contribution in [0.3, 0.4) is 0 Å². The van der Waals surface area contributed by atoms with E-state index in [0.717, 1.165) is 6.08 Å². The molecule has 0 unspecified atom stereocenters. The van der Waals surface area contributed by atoms with Crippen LogP contribution in [-0.4, -0.2) is 22.0 Å². The average Bonchev–Trinajstić information content (AvgIpc) is 2.94. The van der Waals surface area contributed by atoms with Gasteiger partial charge in [-0.15, -0.1) is 0 Å². The molecule has 0 fully saturated rings. The summed E-state index contributed by atoms with van der Waals surface area (Å²) >= 11 is 12.0. The van der Waals surface area contributed by atoms with Crippen LogP contribution in [0, 0.1) is 0 Å². The third-order valence-electron chi connectivity index (χ3n) is 3.59. The molecule has 1 amide bonds. The Labute approximate surface area is 157 Å². The number of amides is 1. The summed E-state index contributed by atoms with van der Waals surface area (Å²) in [5.74, 6) is -3.49. The Kier molecular flexibility index (Phi) is 4.97. The third-order valence-corrected chi connectivity index (χ3v) is 4.10. The van der Waals surface area contributed by atoms with E-state index in [-0.39, 0.29) is 21.7 Å². The van der Waals surface area contributed by atoms with Gasteiger partial charge in [-0.2, -0.15) is 0 Å². The van der Waals surface area contributed by atoms with Crippen LogP contribution in [0.4, 0.5) is 10.1 Å². The number of carbonyl (C=O) groups is 2. The predicted octanol–water partition coefficient (Wildman–Crippen LogP) is 5.12. The summed E-state index contributed by atoms with van der Waals surface area (Å²) in [6, 6.07) is 11.2. The van der Waals surface area contributed by atoms with Gasteiger partial charge in [0.05, 0.1) is 5.02 Å². The molecular formula is C18H11Cl2FN2O3. The molecule has 1 aromatic heterocycles. The smallest absolute Gasteiger partial charge is 0.352 e. The number of hydrogen-bond donors (Lipinski definition) is 3. The lowest BCUT2D eigenvalue weighted by molar-refractivity contribution is -0.114. The Hall–Kier alpha value is -2.83. The van der Waals surface area contributed by atoms with Gasteiger partial charge < -0.3 is 15.4 Å². The standard InChI is InChI=1S/C18H11Cl2FN2O3/c19-9-6-12(20)15-11(16(18(25)26)23-14(15)7-9)8-13(21)17(24)22-10-4-2-1-3-5-10/h1-8,23H,(H,22,24)(H,25,26)/b13-8-. The summed E-state index contributed by atoms with van der Waals surface area (Å²) in [7, 11) is 0. The van der Waals surface area contributed by atoms with Crippen LogP contribution >= 0.6 is 23.2 Å². The second kappa shape index (κ2) is 7.19. The van der Waals surface area contributed by atoms with Gasteiger partial charge in [-0.1, -0.05) is 41.4 Å². The first kappa shape index (κ1) is 18.0. The van der Waals surface area contributed by atoms with E-state index in [1.165, 1.54) is 12.1 Å². The molecule has 1 heterocycles. The van der Waals surface area contributed by atoms with Crippen LogP contribution in [0.25, 0.3) is 17.0 Å². The highest BCUT2D eigenvalue weighted by Gasteiger charge is 2.20. The molecule has 5 nitrogen and oxygen atoms in total. The zero-order valence-corrected chi connectivity index (χ0v) is 14.5. The van der Waals surface area contributed by atoms with Gasteiger partial charge in [0, 0.05) is 27.2 Å². The Morgan fingerprint density at radius 3 is 2.50 bits per heavy atom. The normalized spacial score (nSPS) is 11.6. The topological polar surface area (TPSA) is 82.2 Å². The fourth-order valence-corrected chi connectivity index (χ4v) is 3.09. The van der Waals surface area contributed by atoms with E-state index < -0.39 is 17.7 Å². The molecule has 0 saturated heterocycles. The van der Waals surface area contributed by atoms with E-state index in [4.69, 9.17) is 23.2 Å². The van der Waals surface area contributed by atoms with Crippen molar-refractivity contribution >= 4 is 57.7 Å². The number of fused-ring (bicyclic) bond motifs is 1. The van der Waals surface area contributed by atoms with Crippen molar-refractivity contribution in [3.63, 3.8) is 0 Å². The second-order valence-electron chi connectivity index (χ2n) is 5.34. The molecule has 3 N–H and O–H groups in total. The highest BCUT2D eigenvalue weighted by Crippen LogP contribution is 2.34. The molecule has 26 heavy (non-hydrogen) atoms. The predicted molar refractivity (Wildman–Crippen MR) is 99.4 cm³/mol. The van der Waals surface area contributed by atoms with E-state index in [1.54, 1.807) is 30.3 Å². The number of carboxylic acids is 1. The molecular weight excluding hydrogens is 382 g/mol. The fraction of sp³-hybridized carbons (Fsp3) is 0. The first-order valence-corrected chi connectivity index (χ1v) is 8.10. The highest BCUT2D eigenvalue weighted by atomic mass is 35.5. The van der Waals surface area contributed by atoms with Crippen molar-refractivity contribution in [3.8, 4) is 0 Å². The number of aromatic nitrogens is 1. The molecule has 0 radical (unpaired) electrons. The summed E-state index contributed by atoms with van der Waals surface area (Å²) in [6.45, 7) is 0. The molecule has 0 spiro atoms. The van der Waals surface area contributed by atoms with Gasteiger partial charge in [-0.25, -0.2) is 9.18 Å². The van der Waals surface area contributed by atoms with Crippen LogP contribution in [0.5, 0.6) is 0 Å². The molecule has 3 rings (SSSR count). The summed E-state index contributed by atoms with van der Waals surface area (Å²) in [6.07, 6.45) is 0.834. The Balaban J connectivity index is 2.06. The van der Waals surface area contributed by atoms with Crippen molar-refractivity contribution in [2.75, 3.05) is 5.32 Å². The van der Waals surface area contributed by atoms with Crippen LogP contribution in [-0.2, 0) is 4.79 Å². The summed E-state index contributed by atoms with van der Waals surface area (Å²) in [5.41, 5.74) is 0.382. The van der Waals surface area contributed by atoms with Crippen molar-refractivity contribution in [1.29, 1.82) is 0 Å². The van der Waals surface area contributed by atoms with Crippen molar-refractivity contribution in [2.45, 2.75) is 0 Å². The van der Waals surface area contributed by atoms with Crippen molar-refractivity contribution in [1.82, 2.24) is 4.98 Å². The van der Waals surface area contributed by atoms with E-state index in [1.807, 2.05) is 0 Å². The number of rotatable bonds is 4. The quantitative estimate of drug-likeness (QED) is 0.538. The van der Waals surface area contributed by atoms with Gasteiger partial charge >= 0.3 is 5.97 Å². The molecule has 0 aliphatic rings. The maximum atomic E-state index is 14.4. The largest absolute Gasteiger partial charge is 0.477 e. The molecule has 2 aromatic carbocycles. The Bertz CT molecular complexity index is 1050. The third kappa shape index (κ3) is 3.56. The zero-order valence-electron chi connectivity index (χ0n) is 13.0. The number of carbonyl (C=O) groups excluding carboxylic acids is 1. The molecule has 0 atom stereocenters. The molecule has 8 heteroatoms. The van der Waals surface area contributed by atoms with E-state index >= 15 is 0 Å². The van der Waals surface area contributed by atoms with Gasteiger partial charge in [-0.05, 0) is 30.3 Å². The number of benzene rings is 2. The molecule has 0 saturated carbocycles. The SMILES string of the molecule is O=C(Nc1ccccc1)/C(F)=C/c1c(C(=O)O)[nH]c2cc(Cl)cc(Cl)c12. The fourth-order valence-electron chi connectivity index (χ4n) is 2.49. The second-order valence-corrected chi connectivity index (χ2v) is 6.19. The Morgan fingerprint density at radius 2 is 1.85 bits per heavy atom. The number of anilines is 1. The molecule has 0 aliphatic carbocycles. The zero-order chi connectivity index (χ0) is 18.8. The van der Waals surface area contributed by atoms with Gasteiger partial charge in [0.15, 0.2) is 5.83 Å². The first-order valence-electron chi connectivity index (χ1n) is 7.34. The lowest BCUT2D eigenvalue weighted by Gasteiger charge is -2.03. The van der Waals surface area contributed by atoms with Crippen LogP contribution < -0.4 is 5.32 Å². The number of hydrogen-bond acceptors (Lipinski definition) is 2. The van der Waals surface area contributed by atoms with Crippen molar-refractivity contribution in [3.05, 3.63) is 69.6 Å². The van der Waals surface area contributed by atoms with Gasteiger partial charge in [0.2, 0.25) is 0 Å². The van der Waals surface area contributed by atoms with Crippen molar-refractivity contribution in [2.24, 2.45) is 0 Å². The van der Waals surface area contributed by atoms with E-state index in [0.29, 0.717) is 16.2 Å². The molecule has 0 aliphatic heterocycles. The number of carboxylic acid groups (broad SMARTS) is 1. The maximum absolute atomic E-state index is 14.4. The highest BCUT2D eigenvalue weighted by molar-refractivity contribution is 6.39. The number of H-pyrrole nitrogens is 1. The first-order chi connectivity index (χ1) is 12.4. The summed E-state index contributed by atoms with van der Waals surface area (Å²) < 4.78 is 14.4. The Morgan fingerprint density at radius 1 is 1.15 bits per heavy atom. The molecule has 3 aromatic rings. The number of aromatic amines is 1. The monoisotopic (exact) mass is 392 g/mol. The van der Waals surface area contributed by atoms with Crippen molar-refractivity contribution < 1.29 is 19.1 Å². The molecule has 132 valence electrons. The lowest BCUT2D eigenvalue weighted by Crippen LogP contribution is -2.12. The van der Waals surface area contributed by atoms with Gasteiger partial charge in [0.1, 0.15) is 5.69 Å². The minimum Gasteiger partial charge on any atom is -0.477 e. The number of halogens is 3. The van der Waals surface area contributed by atoms with Crippen LogP contribution in [0.1, 0.15) is 16.1 Å². The van der Waals surface area contributed by atoms with E-state index in [9.17, 15) is 19.1 Å². The minimum atomic E-state index is -1.32.